The Hall–Kier alpha value is -2.89. The number of rotatable bonds is 4. The van der Waals surface area contributed by atoms with E-state index in [4.69, 9.17) is 4.74 Å². The summed E-state index contributed by atoms with van der Waals surface area (Å²) in [5, 5.41) is 2.74. The average Bonchev–Trinajstić information content (AvgIpc) is 2.97. The highest BCUT2D eigenvalue weighted by atomic mass is 16.5. The zero-order chi connectivity index (χ0) is 16.2. The van der Waals surface area contributed by atoms with Crippen LogP contribution in [0.4, 0.5) is 11.5 Å². The Morgan fingerprint density at radius 3 is 2.78 bits per heavy atom. The van der Waals surface area contributed by atoms with E-state index in [-0.39, 0.29) is 18.2 Å². The fourth-order valence-electron chi connectivity index (χ4n) is 2.63. The van der Waals surface area contributed by atoms with Gasteiger partial charge in [-0.25, -0.2) is 4.98 Å². The summed E-state index contributed by atoms with van der Waals surface area (Å²) >= 11 is 0. The van der Waals surface area contributed by atoms with Gasteiger partial charge in [0, 0.05) is 19.2 Å². The second-order valence-electron chi connectivity index (χ2n) is 5.28. The van der Waals surface area contributed by atoms with Gasteiger partial charge in [-0.15, -0.1) is 0 Å². The molecule has 2 heterocycles. The molecule has 2 amide bonds. The lowest BCUT2D eigenvalue weighted by atomic mass is 10.1. The van der Waals surface area contributed by atoms with E-state index in [1.54, 1.807) is 42.5 Å². The molecule has 1 aliphatic heterocycles. The number of anilines is 2. The van der Waals surface area contributed by atoms with Crippen LogP contribution < -0.4 is 15.0 Å². The van der Waals surface area contributed by atoms with Gasteiger partial charge in [-0.2, -0.15) is 0 Å². The molecule has 0 saturated carbocycles. The van der Waals surface area contributed by atoms with Crippen LogP contribution in [0.2, 0.25) is 0 Å². The van der Waals surface area contributed by atoms with Crippen LogP contribution >= 0.6 is 0 Å². The lowest BCUT2D eigenvalue weighted by Crippen LogP contribution is -2.28. The molecule has 0 aliphatic carbocycles. The topological polar surface area (TPSA) is 71.5 Å². The van der Waals surface area contributed by atoms with Crippen molar-refractivity contribution in [2.24, 2.45) is 5.92 Å². The first-order valence-corrected chi connectivity index (χ1v) is 7.34. The summed E-state index contributed by atoms with van der Waals surface area (Å²) in [5.74, 6) is 0.409. The molecule has 1 atom stereocenters. The molecule has 1 N–H and O–H groups in total. The van der Waals surface area contributed by atoms with Crippen LogP contribution in [0.1, 0.15) is 6.42 Å². The van der Waals surface area contributed by atoms with Gasteiger partial charge < -0.3 is 15.0 Å². The van der Waals surface area contributed by atoms with Gasteiger partial charge in [0.25, 0.3) is 0 Å². The quantitative estimate of drug-likeness (QED) is 0.938. The summed E-state index contributed by atoms with van der Waals surface area (Å²) in [6.07, 6.45) is 1.78. The van der Waals surface area contributed by atoms with Crippen molar-refractivity contribution in [2.75, 3.05) is 23.9 Å². The molecule has 6 heteroatoms. The Morgan fingerprint density at radius 1 is 1.26 bits per heavy atom. The van der Waals surface area contributed by atoms with Crippen molar-refractivity contribution in [1.82, 2.24) is 4.98 Å². The summed E-state index contributed by atoms with van der Waals surface area (Å²) < 4.78 is 5.29. The van der Waals surface area contributed by atoms with Gasteiger partial charge in [0.2, 0.25) is 11.8 Å². The molecule has 2 aromatic rings. The van der Waals surface area contributed by atoms with Gasteiger partial charge >= 0.3 is 0 Å². The van der Waals surface area contributed by atoms with Gasteiger partial charge in [0.15, 0.2) is 0 Å². The maximum Gasteiger partial charge on any atom is 0.230 e. The number of methoxy groups -OCH3 is 1. The number of amides is 2. The molecule has 6 nitrogen and oxygen atoms in total. The molecule has 1 aliphatic rings. The lowest BCUT2D eigenvalue weighted by molar-refractivity contribution is -0.122. The standard InChI is InChI=1S/C17H17N3O3/c1-23-14-7-3-2-6-13(14)20-11-12(10-16(20)21)17(22)19-15-8-4-5-9-18-15/h2-9,12H,10-11H2,1H3,(H,18,19,22)/t12-/m0/s1. The van der Waals surface area contributed by atoms with E-state index in [0.29, 0.717) is 23.8 Å². The Bertz CT molecular complexity index is 718. The van der Waals surface area contributed by atoms with Gasteiger partial charge in [0.1, 0.15) is 11.6 Å². The van der Waals surface area contributed by atoms with E-state index in [9.17, 15) is 9.59 Å². The third-order valence-electron chi connectivity index (χ3n) is 3.79. The number of ether oxygens (including phenoxy) is 1. The number of pyridine rings is 1. The minimum absolute atomic E-state index is 0.0873. The molecule has 23 heavy (non-hydrogen) atoms. The number of carbonyl (C=O) groups is 2. The van der Waals surface area contributed by atoms with E-state index in [1.165, 1.54) is 0 Å². The first-order chi connectivity index (χ1) is 11.2. The first kappa shape index (κ1) is 15.0. The Balaban J connectivity index is 1.73. The van der Waals surface area contributed by atoms with Crippen LogP contribution in [0.5, 0.6) is 5.75 Å². The zero-order valence-electron chi connectivity index (χ0n) is 12.7. The van der Waals surface area contributed by atoms with Crippen LogP contribution in [0.25, 0.3) is 0 Å². The van der Waals surface area contributed by atoms with Crippen molar-refractivity contribution >= 4 is 23.3 Å². The minimum atomic E-state index is -0.408. The number of hydrogen-bond acceptors (Lipinski definition) is 4. The van der Waals surface area contributed by atoms with E-state index in [0.717, 1.165) is 0 Å². The molecular formula is C17H17N3O3. The first-order valence-electron chi connectivity index (χ1n) is 7.34. The van der Waals surface area contributed by atoms with Crippen LogP contribution in [0, 0.1) is 5.92 Å². The Kier molecular flexibility index (Phi) is 4.23. The van der Waals surface area contributed by atoms with Gasteiger partial charge in [0.05, 0.1) is 18.7 Å². The van der Waals surface area contributed by atoms with Gasteiger partial charge in [-0.1, -0.05) is 18.2 Å². The molecule has 0 spiro atoms. The largest absolute Gasteiger partial charge is 0.495 e. The Labute approximate surface area is 134 Å². The fourth-order valence-corrected chi connectivity index (χ4v) is 2.63. The summed E-state index contributed by atoms with van der Waals surface area (Å²) in [5.41, 5.74) is 0.688. The van der Waals surface area contributed by atoms with Crippen molar-refractivity contribution in [1.29, 1.82) is 0 Å². The molecule has 118 valence electrons. The summed E-state index contributed by atoms with van der Waals surface area (Å²) in [7, 11) is 1.56. The van der Waals surface area contributed by atoms with Crippen LogP contribution in [-0.2, 0) is 9.59 Å². The minimum Gasteiger partial charge on any atom is -0.495 e. The molecule has 0 unspecified atom stereocenters. The second kappa shape index (κ2) is 6.48. The number of nitrogens with zero attached hydrogens (tertiary/aromatic N) is 2. The fraction of sp³-hybridized carbons (Fsp3) is 0.235. The van der Waals surface area contributed by atoms with Crippen LogP contribution in [0.15, 0.2) is 48.7 Å². The number of carbonyl (C=O) groups excluding carboxylic acids is 2. The van der Waals surface area contributed by atoms with E-state index in [2.05, 4.69) is 10.3 Å². The molecule has 1 saturated heterocycles. The second-order valence-corrected chi connectivity index (χ2v) is 5.28. The third kappa shape index (κ3) is 3.15. The predicted octanol–water partition coefficient (Wildman–Crippen LogP) is 2.08. The molecule has 1 fully saturated rings. The van der Waals surface area contributed by atoms with Crippen molar-refractivity contribution < 1.29 is 14.3 Å². The monoisotopic (exact) mass is 311 g/mol. The summed E-state index contributed by atoms with van der Waals surface area (Å²) in [4.78, 5) is 30.3. The molecule has 0 bridgehead atoms. The third-order valence-corrected chi connectivity index (χ3v) is 3.79. The van der Waals surface area contributed by atoms with Crippen molar-refractivity contribution in [3.8, 4) is 5.75 Å². The molecular weight excluding hydrogens is 294 g/mol. The smallest absolute Gasteiger partial charge is 0.230 e. The molecule has 0 radical (unpaired) electrons. The highest BCUT2D eigenvalue weighted by molar-refractivity contribution is 6.03. The average molecular weight is 311 g/mol. The van der Waals surface area contributed by atoms with Crippen molar-refractivity contribution in [3.63, 3.8) is 0 Å². The van der Waals surface area contributed by atoms with Gasteiger partial charge in [-0.3, -0.25) is 9.59 Å². The maximum atomic E-state index is 12.3. The number of benzene rings is 1. The molecule has 3 rings (SSSR count). The molecule has 1 aromatic carbocycles. The number of para-hydroxylation sites is 2. The lowest BCUT2D eigenvalue weighted by Gasteiger charge is -2.19. The van der Waals surface area contributed by atoms with Crippen molar-refractivity contribution in [3.05, 3.63) is 48.7 Å². The zero-order valence-corrected chi connectivity index (χ0v) is 12.7. The normalized spacial score (nSPS) is 17.2. The molecule has 1 aromatic heterocycles. The number of hydrogen-bond donors (Lipinski definition) is 1. The number of aromatic nitrogens is 1. The van der Waals surface area contributed by atoms with E-state index >= 15 is 0 Å². The summed E-state index contributed by atoms with van der Waals surface area (Å²) in [6.45, 7) is 0.331. The van der Waals surface area contributed by atoms with Crippen molar-refractivity contribution in [2.45, 2.75) is 6.42 Å². The predicted molar refractivity (Wildman–Crippen MR) is 86.3 cm³/mol. The maximum absolute atomic E-state index is 12.3. The van der Waals surface area contributed by atoms with Crippen LogP contribution in [0.3, 0.4) is 0 Å². The van der Waals surface area contributed by atoms with Gasteiger partial charge in [-0.05, 0) is 24.3 Å². The highest BCUT2D eigenvalue weighted by Crippen LogP contribution is 2.32. The number of nitrogens with one attached hydrogen (secondary N) is 1. The Morgan fingerprint density at radius 2 is 2.04 bits per heavy atom. The SMILES string of the molecule is COc1ccccc1N1C[C@@H](C(=O)Nc2ccccn2)CC1=O. The highest BCUT2D eigenvalue weighted by Gasteiger charge is 2.36. The summed E-state index contributed by atoms with van der Waals surface area (Å²) in [6, 6.07) is 12.6. The van der Waals surface area contributed by atoms with E-state index < -0.39 is 5.92 Å². The van der Waals surface area contributed by atoms with E-state index in [1.807, 2.05) is 18.2 Å². The van der Waals surface area contributed by atoms with Crippen LogP contribution in [-0.4, -0.2) is 30.5 Å².